The fraction of sp³-hybridized carbons (Fsp3) is 0.462. The van der Waals surface area contributed by atoms with Gasteiger partial charge in [0.25, 0.3) is 0 Å². The summed E-state index contributed by atoms with van der Waals surface area (Å²) in [5, 5.41) is 0. The Morgan fingerprint density at radius 3 is 2.39 bits per heavy atom. The molecule has 2 nitrogen and oxygen atoms in total. The van der Waals surface area contributed by atoms with Crippen LogP contribution in [-0.4, -0.2) is 42.8 Å². The van der Waals surface area contributed by atoms with Crippen molar-refractivity contribution in [1.82, 2.24) is 4.90 Å². The number of halogens is 2. The molecule has 1 aromatic rings. The van der Waals surface area contributed by atoms with Gasteiger partial charge in [0.2, 0.25) is 0 Å². The van der Waals surface area contributed by atoms with E-state index in [1.807, 2.05) is 18.2 Å². The monoisotopic (exact) mass is 273 g/mol. The number of nitrogens with zero attached hydrogens (tertiary/aromatic N) is 1. The average Bonchev–Trinajstić information content (AvgIpc) is 2.32. The van der Waals surface area contributed by atoms with Crippen molar-refractivity contribution in [3.8, 4) is 0 Å². The lowest BCUT2D eigenvalue weighted by atomic mass is 10.1. The first kappa shape index (κ1) is 15.1. The van der Waals surface area contributed by atoms with Gasteiger partial charge in [0.05, 0.1) is 0 Å². The van der Waals surface area contributed by atoms with E-state index in [4.69, 9.17) is 0 Å². The number of benzene rings is 1. The van der Waals surface area contributed by atoms with Gasteiger partial charge in [-0.15, -0.1) is 0 Å². The summed E-state index contributed by atoms with van der Waals surface area (Å²) in [4.78, 5) is 13.8. The quantitative estimate of drug-likeness (QED) is 0.713. The van der Waals surface area contributed by atoms with Gasteiger partial charge in [-0.3, -0.25) is 4.79 Å². The van der Waals surface area contributed by atoms with Crippen molar-refractivity contribution in [2.45, 2.75) is 6.42 Å². The van der Waals surface area contributed by atoms with Gasteiger partial charge in [-0.2, -0.15) is 11.8 Å². The third-order valence-electron chi connectivity index (χ3n) is 2.58. The predicted octanol–water partition coefficient (Wildman–Crippen LogP) is 2.83. The molecule has 0 aliphatic carbocycles. The van der Waals surface area contributed by atoms with Crippen molar-refractivity contribution in [1.29, 1.82) is 0 Å². The van der Waals surface area contributed by atoms with Crippen LogP contribution >= 0.6 is 11.8 Å². The lowest BCUT2D eigenvalue weighted by molar-refractivity contribution is 0.0969. The van der Waals surface area contributed by atoms with Crippen LogP contribution in [-0.2, 0) is 0 Å². The van der Waals surface area contributed by atoms with E-state index in [2.05, 4.69) is 0 Å². The molecule has 0 atom stereocenters. The molecule has 0 N–H and O–H groups in total. The molecule has 18 heavy (non-hydrogen) atoms. The summed E-state index contributed by atoms with van der Waals surface area (Å²) in [6.07, 6.45) is 2.29. The van der Waals surface area contributed by atoms with E-state index >= 15 is 0 Å². The Morgan fingerprint density at radius 1 is 1.22 bits per heavy atom. The molecule has 0 saturated carbocycles. The van der Waals surface area contributed by atoms with Crippen LogP contribution in [0.3, 0.4) is 0 Å². The van der Waals surface area contributed by atoms with Crippen molar-refractivity contribution < 1.29 is 13.6 Å². The molecule has 0 unspecified atom stereocenters. The summed E-state index contributed by atoms with van der Waals surface area (Å²) >= 11 is 1.74. The van der Waals surface area contributed by atoms with Gasteiger partial charge in [-0.1, -0.05) is 0 Å². The molecule has 0 amide bonds. The lowest BCUT2D eigenvalue weighted by Gasteiger charge is -2.15. The third-order valence-corrected chi connectivity index (χ3v) is 3.17. The number of hydrogen-bond acceptors (Lipinski definition) is 3. The first-order valence-corrected chi connectivity index (χ1v) is 7.09. The van der Waals surface area contributed by atoms with E-state index in [9.17, 15) is 13.6 Å². The molecule has 0 radical (unpaired) electrons. The minimum absolute atomic E-state index is 0.103. The van der Waals surface area contributed by atoms with Gasteiger partial charge in [-0.05, 0) is 25.4 Å². The number of Topliss-reactive ketones (excluding diaryl/α,β-unsaturated/α-hetero) is 1. The fourth-order valence-electron chi connectivity index (χ4n) is 1.51. The molecule has 0 fully saturated rings. The first-order valence-electron chi connectivity index (χ1n) is 5.69. The number of carbonyl (C=O) groups is 1. The van der Waals surface area contributed by atoms with Crippen LogP contribution in [0.15, 0.2) is 18.2 Å². The Morgan fingerprint density at radius 2 is 1.83 bits per heavy atom. The zero-order valence-electron chi connectivity index (χ0n) is 10.6. The van der Waals surface area contributed by atoms with Crippen molar-refractivity contribution in [3.05, 3.63) is 35.4 Å². The number of carbonyl (C=O) groups excluding carboxylic acids is 1. The Labute approximate surface area is 110 Å². The molecular formula is C13H17F2NOS. The van der Waals surface area contributed by atoms with Crippen LogP contribution in [0.25, 0.3) is 0 Å². The van der Waals surface area contributed by atoms with Crippen LogP contribution in [0.4, 0.5) is 8.78 Å². The number of thioether (sulfide) groups is 1. The van der Waals surface area contributed by atoms with E-state index in [1.165, 1.54) is 0 Å². The van der Waals surface area contributed by atoms with Gasteiger partial charge in [0.15, 0.2) is 5.78 Å². The molecule has 0 heterocycles. The van der Waals surface area contributed by atoms with Gasteiger partial charge in [0.1, 0.15) is 11.6 Å². The zero-order valence-corrected chi connectivity index (χ0v) is 11.4. The zero-order chi connectivity index (χ0) is 13.5. The van der Waals surface area contributed by atoms with Crippen LogP contribution in [0.1, 0.15) is 16.8 Å². The van der Waals surface area contributed by atoms with E-state index in [-0.39, 0.29) is 17.8 Å². The number of hydrogen-bond donors (Lipinski definition) is 0. The lowest BCUT2D eigenvalue weighted by Crippen LogP contribution is -2.24. The normalized spacial score (nSPS) is 10.9. The maximum Gasteiger partial charge on any atom is 0.164 e. The summed E-state index contributed by atoms with van der Waals surface area (Å²) in [5.74, 6) is -0.660. The summed E-state index contributed by atoms with van der Waals surface area (Å²) in [5.41, 5.74) is 0.103. The van der Waals surface area contributed by atoms with Crippen molar-refractivity contribution >= 4 is 17.5 Å². The maximum atomic E-state index is 12.9. The van der Waals surface area contributed by atoms with Crippen LogP contribution < -0.4 is 0 Å². The Hall–Kier alpha value is -0.940. The molecule has 100 valence electrons. The molecule has 0 spiro atoms. The SMILES string of the molecule is CSCCN(C)CCC(=O)c1cc(F)cc(F)c1. The summed E-state index contributed by atoms with van der Waals surface area (Å²) in [6, 6.07) is 2.92. The molecule has 0 aliphatic rings. The Balaban J connectivity index is 2.50. The van der Waals surface area contributed by atoms with E-state index in [1.54, 1.807) is 11.8 Å². The van der Waals surface area contributed by atoms with Gasteiger partial charge < -0.3 is 4.90 Å². The van der Waals surface area contributed by atoms with Gasteiger partial charge in [-0.25, -0.2) is 8.78 Å². The van der Waals surface area contributed by atoms with E-state index in [0.29, 0.717) is 6.54 Å². The predicted molar refractivity (Wildman–Crippen MR) is 71.2 cm³/mol. The Kier molecular flexibility index (Phi) is 6.29. The fourth-order valence-corrected chi connectivity index (χ4v) is 2.00. The first-order chi connectivity index (χ1) is 8.52. The van der Waals surface area contributed by atoms with Crippen LogP contribution in [0.5, 0.6) is 0 Å². The second kappa shape index (κ2) is 7.48. The molecule has 1 aromatic carbocycles. The van der Waals surface area contributed by atoms with Crippen LogP contribution in [0.2, 0.25) is 0 Å². The minimum atomic E-state index is -0.714. The highest BCUT2D eigenvalue weighted by Crippen LogP contribution is 2.10. The summed E-state index contributed by atoms with van der Waals surface area (Å²) in [7, 11) is 1.93. The topological polar surface area (TPSA) is 20.3 Å². The molecule has 5 heteroatoms. The largest absolute Gasteiger partial charge is 0.305 e. The average molecular weight is 273 g/mol. The molecule has 0 aromatic heterocycles. The summed E-state index contributed by atoms with van der Waals surface area (Å²) < 4.78 is 25.9. The molecule has 0 aliphatic heterocycles. The maximum absolute atomic E-state index is 12.9. The molecule has 0 saturated heterocycles. The van der Waals surface area contributed by atoms with E-state index < -0.39 is 11.6 Å². The highest BCUT2D eigenvalue weighted by molar-refractivity contribution is 7.98. The Bertz CT molecular complexity index is 392. The second-order valence-corrected chi connectivity index (χ2v) is 5.11. The van der Waals surface area contributed by atoms with Crippen molar-refractivity contribution in [2.24, 2.45) is 0 Å². The van der Waals surface area contributed by atoms with Gasteiger partial charge in [0, 0.05) is 36.9 Å². The molecular weight excluding hydrogens is 256 g/mol. The number of rotatable bonds is 7. The third kappa shape index (κ3) is 5.14. The minimum Gasteiger partial charge on any atom is -0.305 e. The second-order valence-electron chi connectivity index (χ2n) is 4.13. The van der Waals surface area contributed by atoms with Gasteiger partial charge >= 0.3 is 0 Å². The standard InChI is InChI=1S/C13H17F2NOS/c1-16(5-6-18-2)4-3-13(17)10-7-11(14)9-12(15)8-10/h7-9H,3-6H2,1-2H3. The van der Waals surface area contributed by atoms with Crippen molar-refractivity contribution in [3.63, 3.8) is 0 Å². The molecule has 1 rings (SSSR count). The van der Waals surface area contributed by atoms with E-state index in [0.717, 1.165) is 30.5 Å². The molecule has 0 bridgehead atoms. The van der Waals surface area contributed by atoms with Crippen molar-refractivity contribution in [2.75, 3.05) is 32.1 Å². The smallest absolute Gasteiger partial charge is 0.164 e. The van der Waals surface area contributed by atoms with Crippen LogP contribution in [0, 0.1) is 11.6 Å². The number of ketones is 1. The highest BCUT2D eigenvalue weighted by Gasteiger charge is 2.10. The summed E-state index contributed by atoms with van der Waals surface area (Å²) in [6.45, 7) is 1.49. The highest BCUT2D eigenvalue weighted by atomic mass is 32.2.